The third kappa shape index (κ3) is 5.21. The maximum atomic E-state index is 12.8. The minimum absolute atomic E-state index is 0. The average molecular weight is 295 g/mol. The number of nitrogens with one attached hydrogen (secondary N) is 1. The van der Waals surface area contributed by atoms with Gasteiger partial charge in [-0.2, -0.15) is 0 Å². The van der Waals surface area contributed by atoms with Gasteiger partial charge in [0.25, 0.3) is 0 Å². The van der Waals surface area contributed by atoms with Crippen LogP contribution in [0.15, 0.2) is 18.2 Å². The van der Waals surface area contributed by atoms with Crippen LogP contribution in [0, 0.1) is 5.82 Å². The van der Waals surface area contributed by atoms with E-state index in [2.05, 4.69) is 5.32 Å². The number of rotatable bonds is 5. The fraction of sp³-hybridized carbons (Fsp3) is 0.417. The van der Waals surface area contributed by atoms with Gasteiger partial charge in [-0.25, -0.2) is 4.39 Å². The van der Waals surface area contributed by atoms with Crippen molar-refractivity contribution < 1.29 is 9.18 Å². The molecule has 18 heavy (non-hydrogen) atoms. The number of benzene rings is 1. The van der Waals surface area contributed by atoms with Crippen molar-refractivity contribution in [2.75, 3.05) is 20.6 Å². The first kappa shape index (κ1) is 17.2. The Balaban J connectivity index is 0.00000289. The van der Waals surface area contributed by atoms with Gasteiger partial charge in [0.05, 0.1) is 0 Å². The summed E-state index contributed by atoms with van der Waals surface area (Å²) in [6.07, 6.45) is 0.436. The molecule has 0 aliphatic heterocycles. The van der Waals surface area contributed by atoms with Crippen molar-refractivity contribution in [1.82, 2.24) is 10.2 Å². The van der Waals surface area contributed by atoms with Gasteiger partial charge in [0.1, 0.15) is 5.82 Å². The molecule has 0 saturated heterocycles. The van der Waals surface area contributed by atoms with E-state index in [0.29, 0.717) is 24.5 Å². The topological polar surface area (TPSA) is 32.3 Å². The zero-order valence-electron chi connectivity index (χ0n) is 10.4. The van der Waals surface area contributed by atoms with Gasteiger partial charge in [-0.15, -0.1) is 12.4 Å². The lowest BCUT2D eigenvalue weighted by Gasteiger charge is -2.18. The SMILES string of the molecule is CNCCC(=O)N(C)Cc1ccc(F)cc1Cl.Cl. The zero-order valence-corrected chi connectivity index (χ0v) is 11.9. The van der Waals surface area contributed by atoms with Crippen molar-refractivity contribution in [3.63, 3.8) is 0 Å². The first-order chi connectivity index (χ1) is 8.04. The second-order valence-corrected chi connectivity index (χ2v) is 4.25. The van der Waals surface area contributed by atoms with Crippen LogP contribution in [0.1, 0.15) is 12.0 Å². The zero-order chi connectivity index (χ0) is 12.8. The standard InChI is InChI=1S/C12H16ClFN2O.ClH/c1-15-6-5-12(17)16(2)8-9-3-4-10(14)7-11(9)13;/h3-4,7,15H,5-6,8H2,1-2H3;1H. The minimum Gasteiger partial charge on any atom is -0.341 e. The van der Waals surface area contributed by atoms with Crippen molar-refractivity contribution >= 4 is 29.9 Å². The van der Waals surface area contributed by atoms with E-state index < -0.39 is 0 Å². The number of halogens is 3. The number of amides is 1. The molecule has 1 aromatic carbocycles. The summed E-state index contributed by atoms with van der Waals surface area (Å²) in [4.78, 5) is 13.2. The number of hydrogen-bond acceptors (Lipinski definition) is 2. The van der Waals surface area contributed by atoms with Gasteiger partial charge < -0.3 is 10.2 Å². The molecule has 1 amide bonds. The highest BCUT2D eigenvalue weighted by Crippen LogP contribution is 2.18. The van der Waals surface area contributed by atoms with Crippen molar-refractivity contribution in [2.45, 2.75) is 13.0 Å². The largest absolute Gasteiger partial charge is 0.341 e. The molecule has 0 spiro atoms. The fourth-order valence-electron chi connectivity index (χ4n) is 1.42. The van der Waals surface area contributed by atoms with E-state index in [1.54, 1.807) is 25.1 Å². The maximum Gasteiger partial charge on any atom is 0.223 e. The number of nitrogens with zero attached hydrogens (tertiary/aromatic N) is 1. The lowest BCUT2D eigenvalue weighted by molar-refractivity contribution is -0.130. The summed E-state index contributed by atoms with van der Waals surface area (Å²) in [5.41, 5.74) is 0.744. The molecule has 1 aromatic rings. The predicted molar refractivity (Wildman–Crippen MR) is 73.7 cm³/mol. The molecule has 0 saturated carbocycles. The molecule has 3 nitrogen and oxygen atoms in total. The third-order valence-electron chi connectivity index (χ3n) is 2.44. The van der Waals surface area contributed by atoms with Gasteiger partial charge in [-0.1, -0.05) is 17.7 Å². The second-order valence-electron chi connectivity index (χ2n) is 3.84. The lowest BCUT2D eigenvalue weighted by atomic mass is 10.2. The molecule has 0 radical (unpaired) electrons. The third-order valence-corrected chi connectivity index (χ3v) is 2.79. The summed E-state index contributed by atoms with van der Waals surface area (Å²) < 4.78 is 12.8. The van der Waals surface area contributed by atoms with Crippen LogP contribution in [0.5, 0.6) is 0 Å². The predicted octanol–water partition coefficient (Wildman–Crippen LogP) is 2.47. The van der Waals surface area contributed by atoms with E-state index in [9.17, 15) is 9.18 Å². The first-order valence-corrected chi connectivity index (χ1v) is 5.75. The van der Waals surface area contributed by atoms with E-state index in [0.717, 1.165) is 5.56 Å². The Labute approximate surface area is 118 Å². The Morgan fingerprint density at radius 3 is 2.72 bits per heavy atom. The molecule has 0 heterocycles. The molecule has 0 unspecified atom stereocenters. The van der Waals surface area contributed by atoms with Crippen LogP contribution in [0.3, 0.4) is 0 Å². The number of carbonyl (C=O) groups is 1. The van der Waals surface area contributed by atoms with E-state index in [1.807, 2.05) is 0 Å². The molecule has 1 N–H and O–H groups in total. The molecule has 102 valence electrons. The van der Waals surface area contributed by atoms with Crippen LogP contribution >= 0.6 is 24.0 Å². The molecule has 1 rings (SSSR count). The fourth-order valence-corrected chi connectivity index (χ4v) is 1.64. The van der Waals surface area contributed by atoms with Crippen LogP contribution in [0.25, 0.3) is 0 Å². The van der Waals surface area contributed by atoms with Crippen LogP contribution in [0.2, 0.25) is 5.02 Å². The van der Waals surface area contributed by atoms with Crippen molar-refractivity contribution in [1.29, 1.82) is 0 Å². The highest BCUT2D eigenvalue weighted by atomic mass is 35.5. The molecule has 0 fully saturated rings. The van der Waals surface area contributed by atoms with Gasteiger partial charge in [0, 0.05) is 31.6 Å². The van der Waals surface area contributed by atoms with E-state index in [1.165, 1.54) is 12.1 Å². The summed E-state index contributed by atoms with van der Waals surface area (Å²) in [6.45, 7) is 1.03. The minimum atomic E-state index is -0.372. The number of hydrogen-bond donors (Lipinski definition) is 1. The van der Waals surface area contributed by atoms with Gasteiger partial charge in [0.2, 0.25) is 5.91 Å². The van der Waals surface area contributed by atoms with Gasteiger partial charge in [-0.05, 0) is 24.7 Å². The van der Waals surface area contributed by atoms with Gasteiger partial charge in [0.15, 0.2) is 0 Å². The Morgan fingerprint density at radius 1 is 1.50 bits per heavy atom. The normalized spacial score (nSPS) is 9.78. The van der Waals surface area contributed by atoms with E-state index in [-0.39, 0.29) is 24.1 Å². The highest BCUT2D eigenvalue weighted by molar-refractivity contribution is 6.31. The molecular formula is C12H17Cl2FN2O. The highest BCUT2D eigenvalue weighted by Gasteiger charge is 2.10. The van der Waals surface area contributed by atoms with Gasteiger partial charge in [-0.3, -0.25) is 4.79 Å². The monoisotopic (exact) mass is 294 g/mol. The summed E-state index contributed by atoms with van der Waals surface area (Å²) in [6, 6.07) is 4.19. The average Bonchev–Trinajstić information content (AvgIpc) is 2.29. The molecular weight excluding hydrogens is 278 g/mol. The van der Waals surface area contributed by atoms with Gasteiger partial charge >= 0.3 is 0 Å². The summed E-state index contributed by atoms with van der Waals surface area (Å²) in [7, 11) is 3.50. The Bertz CT molecular complexity index is 402. The van der Waals surface area contributed by atoms with E-state index >= 15 is 0 Å². The van der Waals surface area contributed by atoms with Crippen LogP contribution in [0.4, 0.5) is 4.39 Å². The molecule has 0 atom stereocenters. The summed E-state index contributed by atoms with van der Waals surface area (Å²) >= 11 is 5.89. The maximum absolute atomic E-state index is 12.8. The first-order valence-electron chi connectivity index (χ1n) is 5.37. The van der Waals surface area contributed by atoms with Crippen LogP contribution in [-0.4, -0.2) is 31.4 Å². The summed E-state index contributed by atoms with van der Waals surface area (Å²) in [5.74, 6) is -0.345. The van der Waals surface area contributed by atoms with E-state index in [4.69, 9.17) is 11.6 Å². The molecule has 0 aromatic heterocycles. The molecule has 0 aliphatic carbocycles. The summed E-state index contributed by atoms with van der Waals surface area (Å²) in [5, 5.41) is 3.26. The smallest absolute Gasteiger partial charge is 0.223 e. The Hall–Kier alpha value is -0.840. The quantitative estimate of drug-likeness (QED) is 0.905. The van der Waals surface area contributed by atoms with Crippen molar-refractivity contribution in [3.8, 4) is 0 Å². The number of carbonyl (C=O) groups excluding carboxylic acids is 1. The Kier molecular flexibility index (Phi) is 7.91. The Morgan fingerprint density at radius 2 is 2.17 bits per heavy atom. The van der Waals surface area contributed by atoms with Crippen molar-refractivity contribution in [2.24, 2.45) is 0 Å². The lowest BCUT2D eigenvalue weighted by Crippen LogP contribution is -2.28. The second kappa shape index (κ2) is 8.29. The molecule has 6 heteroatoms. The van der Waals surface area contributed by atoms with Crippen molar-refractivity contribution in [3.05, 3.63) is 34.6 Å². The molecule has 0 aliphatic rings. The molecule has 0 bridgehead atoms. The van der Waals surface area contributed by atoms with Crippen LogP contribution in [-0.2, 0) is 11.3 Å². The van der Waals surface area contributed by atoms with Crippen LogP contribution < -0.4 is 5.32 Å².